The molecule has 3 atom stereocenters. The Morgan fingerprint density at radius 2 is 2.11 bits per heavy atom. The van der Waals surface area contributed by atoms with Crippen LogP contribution >= 0.6 is 11.6 Å². The van der Waals surface area contributed by atoms with E-state index in [1.165, 1.54) is 24.8 Å². The molecule has 1 nitrogen and oxygen atoms in total. The number of fused-ring (bicyclic) bond motifs is 2. The van der Waals surface area contributed by atoms with Crippen molar-refractivity contribution in [2.45, 2.75) is 52.6 Å². The van der Waals surface area contributed by atoms with E-state index in [0.717, 1.165) is 17.5 Å². The van der Waals surface area contributed by atoms with E-state index >= 15 is 0 Å². The van der Waals surface area contributed by atoms with Gasteiger partial charge in [-0.1, -0.05) is 44.5 Å². The minimum atomic E-state index is 0.455. The second-order valence-corrected chi connectivity index (χ2v) is 7.61. The molecule has 0 saturated heterocycles. The number of nitrogens with one attached hydrogen (secondary N) is 1. The van der Waals surface area contributed by atoms with Crippen molar-refractivity contribution in [3.05, 3.63) is 34.9 Å². The van der Waals surface area contributed by atoms with Crippen molar-refractivity contribution in [3.63, 3.8) is 0 Å². The Kier molecular flexibility index (Phi) is 3.18. The smallest absolute Gasteiger partial charge is 0.0409 e. The predicted octanol–water partition coefficient (Wildman–Crippen LogP) is 4.64. The highest BCUT2D eigenvalue weighted by molar-refractivity contribution is 6.30. The van der Waals surface area contributed by atoms with E-state index in [2.05, 4.69) is 38.2 Å². The van der Waals surface area contributed by atoms with Crippen LogP contribution in [0, 0.1) is 16.7 Å². The van der Waals surface area contributed by atoms with Gasteiger partial charge < -0.3 is 5.32 Å². The van der Waals surface area contributed by atoms with E-state index in [1.807, 2.05) is 12.1 Å². The van der Waals surface area contributed by atoms with Crippen LogP contribution in [-0.2, 0) is 6.54 Å². The highest BCUT2D eigenvalue weighted by atomic mass is 35.5. The molecule has 0 amide bonds. The molecule has 1 aromatic carbocycles. The average Bonchev–Trinajstić information content (AvgIpc) is 2.69. The van der Waals surface area contributed by atoms with Gasteiger partial charge in [0.1, 0.15) is 0 Å². The first-order chi connectivity index (χ1) is 8.93. The molecule has 1 aromatic rings. The van der Waals surface area contributed by atoms with Crippen molar-refractivity contribution >= 4 is 11.6 Å². The lowest BCUT2D eigenvalue weighted by atomic mass is 9.69. The lowest BCUT2D eigenvalue weighted by Crippen LogP contribution is -2.44. The summed E-state index contributed by atoms with van der Waals surface area (Å²) in [7, 11) is 0. The zero-order chi connectivity index (χ0) is 13.7. The molecule has 2 saturated carbocycles. The summed E-state index contributed by atoms with van der Waals surface area (Å²) in [6, 6.07) is 8.84. The summed E-state index contributed by atoms with van der Waals surface area (Å²) >= 11 is 6.05. The standard InChI is InChI=1S/C17H24ClN/c1-16(2)13-7-8-17(16,3)15(10-13)19-11-12-5-4-6-14(18)9-12/h4-6,9,13,15,19H,7-8,10-11H2,1-3H3. The molecule has 0 aliphatic heterocycles. The summed E-state index contributed by atoms with van der Waals surface area (Å²) < 4.78 is 0. The molecule has 2 aliphatic carbocycles. The monoisotopic (exact) mass is 277 g/mol. The Balaban J connectivity index is 1.69. The summed E-state index contributed by atoms with van der Waals surface area (Å²) in [5, 5.41) is 4.63. The van der Waals surface area contributed by atoms with Gasteiger partial charge in [-0.05, 0) is 53.7 Å². The molecular formula is C17H24ClN. The minimum Gasteiger partial charge on any atom is -0.309 e. The van der Waals surface area contributed by atoms with Gasteiger partial charge in [-0.25, -0.2) is 0 Å². The maximum absolute atomic E-state index is 6.05. The first kappa shape index (κ1) is 13.5. The maximum atomic E-state index is 6.05. The van der Waals surface area contributed by atoms with Crippen LogP contribution in [-0.4, -0.2) is 6.04 Å². The Morgan fingerprint density at radius 1 is 1.32 bits per heavy atom. The summed E-state index contributed by atoms with van der Waals surface area (Å²) in [5.74, 6) is 0.898. The second kappa shape index (κ2) is 4.49. The van der Waals surface area contributed by atoms with Gasteiger partial charge in [0.2, 0.25) is 0 Å². The van der Waals surface area contributed by atoms with Gasteiger partial charge in [-0.3, -0.25) is 0 Å². The largest absolute Gasteiger partial charge is 0.309 e. The van der Waals surface area contributed by atoms with Crippen LogP contribution in [0.2, 0.25) is 5.02 Å². The predicted molar refractivity (Wildman–Crippen MR) is 81.3 cm³/mol. The molecule has 1 N–H and O–H groups in total. The van der Waals surface area contributed by atoms with Crippen LogP contribution in [0.15, 0.2) is 24.3 Å². The van der Waals surface area contributed by atoms with Crippen LogP contribution < -0.4 is 5.32 Å². The van der Waals surface area contributed by atoms with Crippen molar-refractivity contribution in [1.82, 2.24) is 5.32 Å². The molecule has 0 aromatic heterocycles. The number of rotatable bonds is 3. The lowest BCUT2D eigenvalue weighted by Gasteiger charge is -2.39. The highest BCUT2D eigenvalue weighted by Gasteiger charge is 2.60. The van der Waals surface area contributed by atoms with Crippen LogP contribution in [0.1, 0.15) is 45.6 Å². The molecule has 2 bridgehead atoms. The topological polar surface area (TPSA) is 12.0 Å². The van der Waals surface area contributed by atoms with Crippen molar-refractivity contribution in [1.29, 1.82) is 0 Å². The number of hydrogen-bond donors (Lipinski definition) is 1. The molecule has 2 aliphatic rings. The third-order valence-corrected chi connectivity index (χ3v) is 6.47. The molecule has 3 unspecified atom stereocenters. The molecule has 19 heavy (non-hydrogen) atoms. The van der Waals surface area contributed by atoms with Crippen molar-refractivity contribution < 1.29 is 0 Å². The Hall–Kier alpha value is -0.530. The van der Waals surface area contributed by atoms with Crippen molar-refractivity contribution in [3.8, 4) is 0 Å². The Morgan fingerprint density at radius 3 is 2.68 bits per heavy atom. The van der Waals surface area contributed by atoms with E-state index in [0.29, 0.717) is 16.9 Å². The van der Waals surface area contributed by atoms with Gasteiger partial charge >= 0.3 is 0 Å². The second-order valence-electron chi connectivity index (χ2n) is 7.17. The highest BCUT2D eigenvalue weighted by Crippen LogP contribution is 2.65. The van der Waals surface area contributed by atoms with Gasteiger partial charge in [-0.2, -0.15) is 0 Å². The minimum absolute atomic E-state index is 0.455. The van der Waals surface area contributed by atoms with Gasteiger partial charge in [-0.15, -0.1) is 0 Å². The molecule has 2 fully saturated rings. The van der Waals surface area contributed by atoms with Crippen LogP contribution in [0.5, 0.6) is 0 Å². The number of halogens is 1. The van der Waals surface area contributed by atoms with Crippen LogP contribution in [0.3, 0.4) is 0 Å². The van der Waals surface area contributed by atoms with E-state index in [1.54, 1.807) is 0 Å². The first-order valence-corrected chi connectivity index (χ1v) is 7.79. The Bertz CT molecular complexity index is 482. The van der Waals surface area contributed by atoms with Crippen molar-refractivity contribution in [2.75, 3.05) is 0 Å². The average molecular weight is 278 g/mol. The molecular weight excluding hydrogens is 254 g/mol. The van der Waals surface area contributed by atoms with E-state index in [9.17, 15) is 0 Å². The first-order valence-electron chi connectivity index (χ1n) is 7.41. The van der Waals surface area contributed by atoms with Crippen molar-refractivity contribution in [2.24, 2.45) is 16.7 Å². The Labute approximate surface area is 121 Å². The SMILES string of the molecule is CC1(C)C2CCC1(C)C(NCc1cccc(Cl)c1)C2. The van der Waals surface area contributed by atoms with Gasteiger partial charge in [0, 0.05) is 17.6 Å². The summed E-state index contributed by atoms with van der Waals surface area (Å²) in [4.78, 5) is 0. The number of benzene rings is 1. The molecule has 104 valence electrons. The molecule has 0 radical (unpaired) electrons. The van der Waals surface area contributed by atoms with E-state index in [4.69, 9.17) is 11.6 Å². The number of hydrogen-bond acceptors (Lipinski definition) is 1. The van der Waals surface area contributed by atoms with Gasteiger partial charge in [0.05, 0.1) is 0 Å². The summed E-state index contributed by atoms with van der Waals surface area (Å²) in [6.45, 7) is 8.34. The molecule has 2 heteroatoms. The zero-order valence-electron chi connectivity index (χ0n) is 12.2. The van der Waals surface area contributed by atoms with Gasteiger partial charge in [0.25, 0.3) is 0 Å². The third kappa shape index (κ3) is 2.02. The zero-order valence-corrected chi connectivity index (χ0v) is 12.9. The normalized spacial score (nSPS) is 35.8. The third-order valence-electron chi connectivity index (χ3n) is 6.24. The van der Waals surface area contributed by atoms with E-state index < -0.39 is 0 Å². The fraction of sp³-hybridized carbons (Fsp3) is 0.647. The van der Waals surface area contributed by atoms with Crippen LogP contribution in [0.25, 0.3) is 0 Å². The quantitative estimate of drug-likeness (QED) is 0.848. The summed E-state index contributed by atoms with van der Waals surface area (Å²) in [6.07, 6.45) is 4.13. The van der Waals surface area contributed by atoms with E-state index in [-0.39, 0.29) is 0 Å². The van der Waals surface area contributed by atoms with Crippen LogP contribution in [0.4, 0.5) is 0 Å². The molecule has 0 spiro atoms. The lowest BCUT2D eigenvalue weighted by molar-refractivity contribution is 0.120. The molecule has 3 rings (SSSR count). The fourth-order valence-electron chi connectivity index (χ4n) is 4.40. The maximum Gasteiger partial charge on any atom is 0.0409 e. The fourth-order valence-corrected chi connectivity index (χ4v) is 4.61. The molecule has 0 heterocycles. The van der Waals surface area contributed by atoms with Gasteiger partial charge in [0.15, 0.2) is 0 Å². The summed E-state index contributed by atoms with van der Waals surface area (Å²) in [5.41, 5.74) is 2.23.